The zero-order valence-corrected chi connectivity index (χ0v) is 13.8. The van der Waals surface area contributed by atoms with Gasteiger partial charge in [0.1, 0.15) is 0 Å². The quantitative estimate of drug-likeness (QED) is 0.797. The number of nitrogens with one attached hydrogen (secondary N) is 1. The Bertz CT molecular complexity index is 618. The van der Waals surface area contributed by atoms with Crippen LogP contribution in [0.25, 0.3) is 0 Å². The number of rotatable bonds is 5. The lowest BCUT2D eigenvalue weighted by atomic mass is 10.1. The van der Waals surface area contributed by atoms with E-state index in [0.717, 1.165) is 5.56 Å². The molecule has 1 unspecified atom stereocenters. The summed E-state index contributed by atoms with van der Waals surface area (Å²) >= 11 is 18.2. The van der Waals surface area contributed by atoms with Crippen LogP contribution in [0.5, 0.6) is 0 Å². The molecule has 2 rings (SSSR count). The van der Waals surface area contributed by atoms with E-state index in [1.54, 1.807) is 18.2 Å². The van der Waals surface area contributed by atoms with Crippen molar-refractivity contribution in [3.8, 4) is 0 Å². The van der Waals surface area contributed by atoms with Crippen molar-refractivity contribution in [2.24, 2.45) is 0 Å². The molecule has 0 amide bonds. The lowest BCUT2D eigenvalue weighted by Gasteiger charge is -2.19. The van der Waals surface area contributed by atoms with Crippen LogP contribution in [-0.2, 0) is 0 Å². The first-order chi connectivity index (χ1) is 9.99. The third-order valence-corrected chi connectivity index (χ3v) is 4.23. The summed E-state index contributed by atoms with van der Waals surface area (Å²) in [4.78, 5) is 0. The zero-order valence-electron chi connectivity index (χ0n) is 11.5. The number of aliphatic hydroxyl groups excluding tert-OH is 1. The van der Waals surface area contributed by atoms with Crippen molar-refractivity contribution in [2.45, 2.75) is 19.1 Å². The van der Waals surface area contributed by atoms with Gasteiger partial charge in [-0.1, -0.05) is 53.0 Å². The molecule has 5 heteroatoms. The molecule has 0 bridgehead atoms. The van der Waals surface area contributed by atoms with Gasteiger partial charge in [0.2, 0.25) is 0 Å². The molecule has 0 aliphatic rings. The number of hydrogen-bond donors (Lipinski definition) is 2. The summed E-state index contributed by atoms with van der Waals surface area (Å²) in [7, 11) is 0. The van der Waals surface area contributed by atoms with Gasteiger partial charge in [0.15, 0.2) is 0 Å². The summed E-state index contributed by atoms with van der Waals surface area (Å²) in [6.45, 7) is 2.35. The highest BCUT2D eigenvalue weighted by molar-refractivity contribution is 6.33. The predicted molar refractivity (Wildman–Crippen MR) is 89.3 cm³/mol. The summed E-state index contributed by atoms with van der Waals surface area (Å²) in [6, 6.07) is 12.7. The normalized spacial score (nSPS) is 14.0. The average Bonchev–Trinajstić information content (AvgIpc) is 2.47. The molecule has 0 aliphatic heterocycles. The maximum Gasteiger partial charge on any atom is 0.0929 e. The fraction of sp³-hybridized carbons (Fsp3) is 0.250. The minimum Gasteiger partial charge on any atom is -0.387 e. The van der Waals surface area contributed by atoms with Gasteiger partial charge in [-0.15, -0.1) is 0 Å². The van der Waals surface area contributed by atoms with E-state index in [1.165, 1.54) is 0 Å². The third kappa shape index (κ3) is 4.35. The number of hydrogen-bond acceptors (Lipinski definition) is 2. The lowest BCUT2D eigenvalue weighted by Crippen LogP contribution is -2.25. The van der Waals surface area contributed by atoms with E-state index in [9.17, 15) is 5.11 Å². The highest BCUT2D eigenvalue weighted by Crippen LogP contribution is 2.27. The molecule has 0 saturated heterocycles. The van der Waals surface area contributed by atoms with Crippen molar-refractivity contribution >= 4 is 34.8 Å². The Morgan fingerprint density at radius 1 is 1.00 bits per heavy atom. The minimum atomic E-state index is -0.735. The van der Waals surface area contributed by atoms with Crippen LogP contribution in [0.2, 0.25) is 15.1 Å². The second-order valence-corrected chi connectivity index (χ2v) is 6.08. The van der Waals surface area contributed by atoms with Crippen LogP contribution < -0.4 is 5.32 Å². The summed E-state index contributed by atoms with van der Waals surface area (Å²) in [5, 5.41) is 15.3. The molecule has 0 saturated carbocycles. The summed E-state index contributed by atoms with van der Waals surface area (Å²) in [5.74, 6) is 0. The Balaban J connectivity index is 2.02. The minimum absolute atomic E-state index is 0.0197. The molecule has 2 aromatic rings. The van der Waals surface area contributed by atoms with Crippen molar-refractivity contribution in [1.82, 2.24) is 5.32 Å². The molecule has 0 spiro atoms. The van der Waals surface area contributed by atoms with E-state index in [0.29, 0.717) is 27.2 Å². The van der Waals surface area contributed by atoms with Gasteiger partial charge in [-0.25, -0.2) is 0 Å². The largest absolute Gasteiger partial charge is 0.387 e. The van der Waals surface area contributed by atoms with E-state index >= 15 is 0 Å². The first-order valence-electron chi connectivity index (χ1n) is 6.60. The van der Waals surface area contributed by atoms with Gasteiger partial charge < -0.3 is 10.4 Å². The molecule has 0 radical (unpaired) electrons. The molecule has 0 aliphatic carbocycles. The second kappa shape index (κ2) is 7.48. The third-order valence-electron chi connectivity index (χ3n) is 3.31. The van der Waals surface area contributed by atoms with Crippen molar-refractivity contribution in [1.29, 1.82) is 0 Å². The molecule has 0 fully saturated rings. The van der Waals surface area contributed by atoms with E-state index in [4.69, 9.17) is 34.8 Å². The van der Waals surface area contributed by atoms with Crippen LogP contribution in [0.4, 0.5) is 0 Å². The van der Waals surface area contributed by atoms with Gasteiger partial charge >= 0.3 is 0 Å². The zero-order chi connectivity index (χ0) is 15.4. The van der Waals surface area contributed by atoms with Crippen LogP contribution in [-0.4, -0.2) is 11.7 Å². The first-order valence-corrected chi connectivity index (χ1v) is 7.73. The Labute approximate surface area is 139 Å². The van der Waals surface area contributed by atoms with Gasteiger partial charge in [0, 0.05) is 33.2 Å². The van der Waals surface area contributed by atoms with Crippen LogP contribution >= 0.6 is 34.8 Å². The molecule has 2 atom stereocenters. The van der Waals surface area contributed by atoms with Gasteiger partial charge in [-0.2, -0.15) is 0 Å². The van der Waals surface area contributed by atoms with Crippen molar-refractivity contribution < 1.29 is 5.11 Å². The van der Waals surface area contributed by atoms with E-state index in [2.05, 4.69) is 5.32 Å². The van der Waals surface area contributed by atoms with Crippen LogP contribution in [0, 0.1) is 0 Å². The highest BCUT2D eigenvalue weighted by Gasteiger charge is 2.15. The molecule has 112 valence electrons. The monoisotopic (exact) mass is 343 g/mol. The molecule has 0 aromatic heterocycles. The van der Waals surface area contributed by atoms with Crippen molar-refractivity contribution in [3.05, 3.63) is 68.7 Å². The topological polar surface area (TPSA) is 32.3 Å². The second-order valence-electron chi connectivity index (χ2n) is 4.83. The Morgan fingerprint density at radius 2 is 1.67 bits per heavy atom. The predicted octanol–water partition coefficient (Wildman–Crippen LogP) is 5.03. The van der Waals surface area contributed by atoms with E-state index in [1.807, 2.05) is 31.2 Å². The Kier molecular flexibility index (Phi) is 5.91. The van der Waals surface area contributed by atoms with E-state index in [-0.39, 0.29) is 6.04 Å². The van der Waals surface area contributed by atoms with Gasteiger partial charge in [0.05, 0.1) is 6.10 Å². The molecule has 0 heterocycles. The molecular weight excluding hydrogens is 329 g/mol. The van der Waals surface area contributed by atoms with Gasteiger partial charge in [0.25, 0.3) is 0 Å². The van der Waals surface area contributed by atoms with Crippen LogP contribution in [0.3, 0.4) is 0 Å². The van der Waals surface area contributed by atoms with Gasteiger partial charge in [-0.3, -0.25) is 0 Å². The summed E-state index contributed by atoms with van der Waals surface area (Å²) < 4.78 is 0. The molecule has 2 nitrogen and oxygen atoms in total. The summed E-state index contributed by atoms with van der Waals surface area (Å²) in [6.07, 6.45) is -0.735. The molecule has 2 N–H and O–H groups in total. The average molecular weight is 345 g/mol. The molecule has 2 aromatic carbocycles. The Hall–Kier alpha value is -0.770. The molecular formula is C16H16Cl3NO. The number of halogens is 3. The van der Waals surface area contributed by atoms with E-state index < -0.39 is 6.10 Å². The smallest absolute Gasteiger partial charge is 0.0929 e. The number of benzene rings is 2. The highest BCUT2D eigenvalue weighted by atomic mass is 35.5. The standard InChI is InChI=1S/C16H16Cl3NO/c1-10(12-4-2-3-5-14(12)18)20-9-16(21)13-8-11(17)6-7-15(13)19/h2-8,10,16,20-21H,9H2,1H3/t10-,16?/m1/s1. The van der Waals surface area contributed by atoms with Crippen molar-refractivity contribution in [3.63, 3.8) is 0 Å². The fourth-order valence-corrected chi connectivity index (χ4v) is 2.83. The fourth-order valence-electron chi connectivity index (χ4n) is 2.10. The van der Waals surface area contributed by atoms with Gasteiger partial charge in [-0.05, 0) is 36.8 Å². The lowest BCUT2D eigenvalue weighted by molar-refractivity contribution is 0.171. The van der Waals surface area contributed by atoms with Crippen LogP contribution in [0.15, 0.2) is 42.5 Å². The maximum atomic E-state index is 10.3. The number of aliphatic hydroxyl groups is 1. The SMILES string of the molecule is C[C@@H](NCC(O)c1cc(Cl)ccc1Cl)c1ccccc1Cl. The maximum absolute atomic E-state index is 10.3. The molecule has 21 heavy (non-hydrogen) atoms. The first kappa shape index (κ1) is 16.6. The van der Waals surface area contributed by atoms with Crippen LogP contribution in [0.1, 0.15) is 30.2 Å². The Morgan fingerprint density at radius 3 is 2.38 bits per heavy atom. The van der Waals surface area contributed by atoms with Crippen molar-refractivity contribution in [2.75, 3.05) is 6.54 Å². The summed E-state index contributed by atoms with van der Waals surface area (Å²) in [5.41, 5.74) is 1.60.